The van der Waals surface area contributed by atoms with Crippen molar-refractivity contribution in [1.29, 1.82) is 0 Å². The first-order valence-electron chi connectivity index (χ1n) is 6.86. The summed E-state index contributed by atoms with van der Waals surface area (Å²) in [5, 5.41) is 3.52. The molecule has 0 aromatic heterocycles. The minimum atomic E-state index is 0.573. The lowest BCUT2D eigenvalue weighted by Gasteiger charge is -2.24. The summed E-state index contributed by atoms with van der Waals surface area (Å²) in [5.41, 5.74) is 3.42. The van der Waals surface area contributed by atoms with Gasteiger partial charge in [-0.1, -0.05) is 19.1 Å². The minimum absolute atomic E-state index is 0.573. The van der Waals surface area contributed by atoms with Gasteiger partial charge in [0, 0.05) is 30.7 Å². The number of anilines is 1. The highest BCUT2D eigenvalue weighted by molar-refractivity contribution is 5.49. The van der Waals surface area contributed by atoms with Crippen LogP contribution in [-0.4, -0.2) is 26.2 Å². The molecule has 2 saturated heterocycles. The first-order valence-corrected chi connectivity index (χ1v) is 6.86. The highest BCUT2D eigenvalue weighted by atomic mass is 15.2. The van der Waals surface area contributed by atoms with Crippen LogP contribution in [0.5, 0.6) is 0 Å². The van der Waals surface area contributed by atoms with E-state index in [0.717, 1.165) is 6.42 Å². The van der Waals surface area contributed by atoms with Crippen LogP contribution in [0, 0.1) is 5.41 Å². The number of rotatable bonds is 2. The number of nitrogens with zero attached hydrogens (tertiary/aromatic N) is 1. The van der Waals surface area contributed by atoms with Crippen molar-refractivity contribution in [3.05, 3.63) is 29.8 Å². The zero-order valence-corrected chi connectivity index (χ0v) is 10.7. The molecule has 3 rings (SSSR count). The lowest BCUT2D eigenvalue weighted by Crippen LogP contribution is -2.29. The summed E-state index contributed by atoms with van der Waals surface area (Å²) >= 11 is 0. The van der Waals surface area contributed by atoms with Crippen molar-refractivity contribution < 1.29 is 0 Å². The number of hydrogen-bond acceptors (Lipinski definition) is 2. The van der Waals surface area contributed by atoms with E-state index in [9.17, 15) is 0 Å². The second-order valence-corrected chi connectivity index (χ2v) is 5.62. The highest BCUT2D eigenvalue weighted by Crippen LogP contribution is 2.38. The van der Waals surface area contributed by atoms with Gasteiger partial charge in [0.1, 0.15) is 0 Å². The van der Waals surface area contributed by atoms with E-state index in [1.807, 2.05) is 0 Å². The van der Waals surface area contributed by atoms with Crippen LogP contribution >= 0.6 is 0 Å². The lowest BCUT2D eigenvalue weighted by atomic mass is 9.86. The van der Waals surface area contributed by atoms with Gasteiger partial charge in [-0.2, -0.15) is 0 Å². The maximum atomic E-state index is 3.52. The molecule has 2 fully saturated rings. The van der Waals surface area contributed by atoms with E-state index in [1.54, 1.807) is 0 Å². The quantitative estimate of drug-likeness (QED) is 0.839. The molecule has 0 bridgehead atoms. The molecule has 17 heavy (non-hydrogen) atoms. The maximum absolute atomic E-state index is 3.52. The fourth-order valence-corrected chi connectivity index (χ4v) is 3.24. The Kier molecular flexibility index (Phi) is 2.83. The summed E-state index contributed by atoms with van der Waals surface area (Å²) in [5.74, 6) is 0. The number of aryl methyl sites for hydroxylation is 1. The number of benzene rings is 1. The molecule has 0 amide bonds. The SMILES string of the molecule is CCc1ccc(N2CCC3(CCNC3)C2)cc1. The Morgan fingerprint density at radius 2 is 2.06 bits per heavy atom. The standard InChI is InChI=1S/C15H22N2/c1-2-13-3-5-14(6-4-13)17-10-8-15(12-17)7-9-16-11-15/h3-6,16H,2,7-12H2,1H3. The third-order valence-corrected chi connectivity index (χ3v) is 4.48. The van der Waals surface area contributed by atoms with Gasteiger partial charge in [0.15, 0.2) is 0 Å². The van der Waals surface area contributed by atoms with Crippen LogP contribution < -0.4 is 10.2 Å². The second-order valence-electron chi connectivity index (χ2n) is 5.62. The zero-order valence-electron chi connectivity index (χ0n) is 10.7. The molecule has 2 aliphatic rings. The van der Waals surface area contributed by atoms with Gasteiger partial charge in [0.25, 0.3) is 0 Å². The number of nitrogens with one attached hydrogen (secondary N) is 1. The zero-order chi connectivity index (χ0) is 11.7. The van der Waals surface area contributed by atoms with Gasteiger partial charge in [0.2, 0.25) is 0 Å². The Bertz CT molecular complexity index is 376. The van der Waals surface area contributed by atoms with Crippen molar-refractivity contribution in [2.24, 2.45) is 5.41 Å². The molecule has 2 nitrogen and oxygen atoms in total. The molecule has 1 N–H and O–H groups in total. The smallest absolute Gasteiger partial charge is 0.0366 e. The van der Waals surface area contributed by atoms with Gasteiger partial charge in [-0.05, 0) is 43.5 Å². The van der Waals surface area contributed by atoms with E-state index in [1.165, 1.54) is 50.3 Å². The molecule has 1 aromatic carbocycles. The van der Waals surface area contributed by atoms with Crippen LogP contribution in [0.15, 0.2) is 24.3 Å². The predicted molar refractivity (Wildman–Crippen MR) is 72.6 cm³/mol. The molecule has 2 heteroatoms. The lowest BCUT2D eigenvalue weighted by molar-refractivity contribution is 0.369. The van der Waals surface area contributed by atoms with E-state index in [0.29, 0.717) is 5.41 Å². The van der Waals surface area contributed by atoms with E-state index in [4.69, 9.17) is 0 Å². The molecule has 1 spiro atoms. The van der Waals surface area contributed by atoms with Gasteiger partial charge in [-0.15, -0.1) is 0 Å². The molecule has 1 atom stereocenters. The van der Waals surface area contributed by atoms with Crippen molar-refractivity contribution >= 4 is 5.69 Å². The maximum Gasteiger partial charge on any atom is 0.0366 e. The summed E-state index contributed by atoms with van der Waals surface area (Å²) in [6.07, 6.45) is 3.85. The molecular formula is C15H22N2. The van der Waals surface area contributed by atoms with Crippen LogP contribution in [0.25, 0.3) is 0 Å². The molecule has 2 aliphatic heterocycles. The summed E-state index contributed by atoms with van der Waals surface area (Å²) in [4.78, 5) is 2.56. The topological polar surface area (TPSA) is 15.3 Å². The fourth-order valence-electron chi connectivity index (χ4n) is 3.24. The monoisotopic (exact) mass is 230 g/mol. The normalized spacial score (nSPS) is 28.2. The molecule has 0 saturated carbocycles. The molecule has 1 aromatic rings. The summed E-state index contributed by atoms with van der Waals surface area (Å²) in [6.45, 7) is 7.11. The Labute approximate surface area is 104 Å². The van der Waals surface area contributed by atoms with Gasteiger partial charge >= 0.3 is 0 Å². The third kappa shape index (κ3) is 2.06. The van der Waals surface area contributed by atoms with Crippen LogP contribution in [0.1, 0.15) is 25.3 Å². The van der Waals surface area contributed by atoms with Gasteiger partial charge in [-0.3, -0.25) is 0 Å². The first-order chi connectivity index (χ1) is 8.31. The predicted octanol–water partition coefficient (Wildman–Crippen LogP) is 2.44. The summed E-state index contributed by atoms with van der Waals surface area (Å²) in [6, 6.07) is 9.13. The van der Waals surface area contributed by atoms with Gasteiger partial charge < -0.3 is 10.2 Å². The second kappa shape index (κ2) is 4.34. The molecule has 1 unspecified atom stereocenters. The first kappa shape index (κ1) is 11.1. The molecule has 2 heterocycles. The minimum Gasteiger partial charge on any atom is -0.371 e. The number of hydrogen-bond donors (Lipinski definition) is 1. The van der Waals surface area contributed by atoms with Crippen LogP contribution in [0.2, 0.25) is 0 Å². The van der Waals surface area contributed by atoms with Crippen LogP contribution in [0.3, 0.4) is 0 Å². The van der Waals surface area contributed by atoms with Crippen molar-refractivity contribution in [2.75, 3.05) is 31.1 Å². The Morgan fingerprint density at radius 1 is 1.24 bits per heavy atom. The molecule has 0 aliphatic carbocycles. The van der Waals surface area contributed by atoms with Crippen molar-refractivity contribution in [3.8, 4) is 0 Å². The van der Waals surface area contributed by atoms with E-state index in [2.05, 4.69) is 41.4 Å². The van der Waals surface area contributed by atoms with Crippen LogP contribution in [-0.2, 0) is 6.42 Å². The highest BCUT2D eigenvalue weighted by Gasteiger charge is 2.40. The van der Waals surface area contributed by atoms with E-state index in [-0.39, 0.29) is 0 Å². The Morgan fingerprint density at radius 3 is 2.71 bits per heavy atom. The molecular weight excluding hydrogens is 208 g/mol. The van der Waals surface area contributed by atoms with Crippen LogP contribution in [0.4, 0.5) is 5.69 Å². The van der Waals surface area contributed by atoms with Gasteiger partial charge in [-0.25, -0.2) is 0 Å². The van der Waals surface area contributed by atoms with Crippen molar-refractivity contribution in [3.63, 3.8) is 0 Å². The average Bonchev–Trinajstić information content (AvgIpc) is 3.01. The summed E-state index contributed by atoms with van der Waals surface area (Å²) in [7, 11) is 0. The fraction of sp³-hybridized carbons (Fsp3) is 0.600. The Balaban J connectivity index is 1.72. The van der Waals surface area contributed by atoms with Crippen molar-refractivity contribution in [1.82, 2.24) is 5.32 Å². The van der Waals surface area contributed by atoms with Crippen molar-refractivity contribution in [2.45, 2.75) is 26.2 Å². The van der Waals surface area contributed by atoms with Gasteiger partial charge in [0.05, 0.1) is 0 Å². The molecule has 92 valence electrons. The Hall–Kier alpha value is -1.02. The third-order valence-electron chi connectivity index (χ3n) is 4.48. The largest absolute Gasteiger partial charge is 0.371 e. The average molecular weight is 230 g/mol. The molecule has 0 radical (unpaired) electrons. The van der Waals surface area contributed by atoms with E-state index < -0.39 is 0 Å². The summed E-state index contributed by atoms with van der Waals surface area (Å²) < 4.78 is 0. The van der Waals surface area contributed by atoms with E-state index >= 15 is 0 Å².